The summed E-state index contributed by atoms with van der Waals surface area (Å²) in [5.41, 5.74) is 25.9. The first kappa shape index (κ1) is 48.2. The molecule has 2 heterocycles. The summed E-state index contributed by atoms with van der Waals surface area (Å²) in [4.78, 5) is 5.35. The molecule has 0 amide bonds. The first-order valence-corrected chi connectivity index (χ1v) is 28.4. The Hall–Kier alpha value is -9.96. The number of rotatable bonds is 8. The fourth-order valence-electron chi connectivity index (χ4n) is 13.2. The largest absolute Gasteiger partial charge is 0.310 e. The van der Waals surface area contributed by atoms with E-state index in [1.807, 2.05) is 0 Å². The molecule has 13 aromatic carbocycles. The maximum atomic E-state index is 2.68. The summed E-state index contributed by atoms with van der Waals surface area (Å²) >= 11 is 0. The fourth-order valence-corrected chi connectivity index (χ4v) is 13.2. The molecule has 0 aromatic heterocycles. The molecule has 0 saturated carbocycles. The Balaban J connectivity index is 1.12. The normalized spacial score (nSPS) is 12.6. The Morgan fingerprint density at radius 3 is 1.05 bits per heavy atom. The van der Waals surface area contributed by atoms with Gasteiger partial charge in [-0.1, -0.05) is 282 Å². The third kappa shape index (κ3) is 8.10. The van der Waals surface area contributed by atoms with Crippen LogP contribution in [0, 0.1) is 0 Å². The van der Waals surface area contributed by atoms with E-state index in [-0.39, 0.29) is 12.1 Å². The predicted molar refractivity (Wildman–Crippen MR) is 347 cm³/mol. The third-order valence-corrected chi connectivity index (χ3v) is 17.0. The van der Waals surface area contributed by atoms with E-state index >= 15 is 0 Å². The molecule has 2 nitrogen and oxygen atoms in total. The van der Waals surface area contributed by atoms with Gasteiger partial charge < -0.3 is 9.80 Å². The molecule has 13 aromatic rings. The monoisotopic (exact) mass is 1030 g/mol. The van der Waals surface area contributed by atoms with Crippen LogP contribution in [0.25, 0.3) is 88.3 Å². The second-order valence-corrected chi connectivity index (χ2v) is 22.8. The molecule has 2 aliphatic rings. The van der Waals surface area contributed by atoms with E-state index in [1.165, 1.54) is 122 Å². The smallest absolute Gasteiger partial charge is 0.252 e. The van der Waals surface area contributed by atoms with Crippen molar-refractivity contribution in [3.8, 4) is 66.8 Å². The molecule has 15 rings (SSSR count). The highest BCUT2D eigenvalue weighted by Crippen LogP contribution is 2.54. The average molecular weight is 1030 g/mol. The van der Waals surface area contributed by atoms with Crippen LogP contribution in [0.5, 0.6) is 0 Å². The van der Waals surface area contributed by atoms with E-state index in [1.54, 1.807) is 0 Å². The summed E-state index contributed by atoms with van der Waals surface area (Å²) < 4.78 is 0. The standard InChI is InChI=1S/C78H57BN2/c1-78(2,3)61-50-72-75-73(51-61)81(77-66(55-31-15-7-16-32-55)41-24-42-67(77)56-33-17-8-18-34-56)71-49-60(74-62-37-21-19-35-58(62)47-59-36-20-22-38-63(59)74)44-46-69(71)79(75)68-45-43-57(52-25-9-4-10-26-52)48-70(68)80(72)76-64(53-27-11-5-12-28-53)39-23-40-65(76)54-29-13-6-14-30-54/h4-51H,1-3H3. The van der Waals surface area contributed by atoms with Gasteiger partial charge in [-0.2, -0.15) is 0 Å². The number of nitrogens with zero attached hydrogens (tertiary/aromatic N) is 2. The molecule has 0 bridgehead atoms. The third-order valence-electron chi connectivity index (χ3n) is 17.0. The van der Waals surface area contributed by atoms with Crippen LogP contribution in [0.3, 0.4) is 0 Å². The summed E-state index contributed by atoms with van der Waals surface area (Å²) in [5, 5.41) is 4.94. The molecule has 81 heavy (non-hydrogen) atoms. The number of hydrogen-bond donors (Lipinski definition) is 0. The number of fused-ring (bicyclic) bond motifs is 6. The van der Waals surface area contributed by atoms with Crippen molar-refractivity contribution in [2.75, 3.05) is 9.80 Å². The van der Waals surface area contributed by atoms with Crippen LogP contribution >= 0.6 is 0 Å². The van der Waals surface area contributed by atoms with Crippen LogP contribution in [0.2, 0.25) is 0 Å². The van der Waals surface area contributed by atoms with Crippen molar-refractivity contribution in [2.24, 2.45) is 0 Å². The molecule has 0 unspecified atom stereocenters. The molecular weight excluding hydrogens is 976 g/mol. The van der Waals surface area contributed by atoms with Crippen molar-refractivity contribution < 1.29 is 0 Å². The van der Waals surface area contributed by atoms with Gasteiger partial charge in [0.25, 0.3) is 6.71 Å². The van der Waals surface area contributed by atoms with E-state index in [2.05, 4.69) is 322 Å². The average Bonchev–Trinajstić information content (AvgIpc) is 2.03. The minimum absolute atomic E-state index is 0.141. The highest BCUT2D eigenvalue weighted by molar-refractivity contribution is 7.00. The summed E-state index contributed by atoms with van der Waals surface area (Å²) in [6.45, 7) is 6.98. The molecule has 3 heteroatoms. The summed E-state index contributed by atoms with van der Waals surface area (Å²) in [6, 6.07) is 109. The van der Waals surface area contributed by atoms with E-state index in [0.29, 0.717) is 0 Å². The minimum atomic E-state index is -0.253. The lowest BCUT2D eigenvalue weighted by Crippen LogP contribution is -2.61. The Morgan fingerprint density at radius 2 is 0.642 bits per heavy atom. The highest BCUT2D eigenvalue weighted by Gasteiger charge is 2.46. The van der Waals surface area contributed by atoms with E-state index in [9.17, 15) is 0 Å². The van der Waals surface area contributed by atoms with E-state index < -0.39 is 0 Å². The molecule has 2 aliphatic heterocycles. The van der Waals surface area contributed by atoms with Crippen molar-refractivity contribution in [3.05, 3.63) is 297 Å². The van der Waals surface area contributed by atoms with Crippen LogP contribution in [-0.4, -0.2) is 6.71 Å². The van der Waals surface area contributed by atoms with Crippen LogP contribution < -0.4 is 26.2 Å². The van der Waals surface area contributed by atoms with Gasteiger partial charge in [-0.05, 0) is 124 Å². The van der Waals surface area contributed by atoms with Crippen molar-refractivity contribution >= 4 is 78.8 Å². The Bertz CT molecular complexity index is 4380. The second kappa shape index (κ2) is 19.4. The van der Waals surface area contributed by atoms with Crippen LogP contribution in [-0.2, 0) is 5.41 Å². The van der Waals surface area contributed by atoms with Gasteiger partial charge in [0, 0.05) is 45.0 Å². The molecule has 0 aliphatic carbocycles. The van der Waals surface area contributed by atoms with Gasteiger partial charge in [0.05, 0.1) is 11.4 Å². The quantitative estimate of drug-likeness (QED) is 0.111. The zero-order chi connectivity index (χ0) is 54.2. The second-order valence-electron chi connectivity index (χ2n) is 22.8. The maximum absolute atomic E-state index is 2.68. The molecule has 0 atom stereocenters. The highest BCUT2D eigenvalue weighted by atomic mass is 15.2. The Kier molecular flexibility index (Phi) is 11.6. The first-order valence-electron chi connectivity index (χ1n) is 28.4. The van der Waals surface area contributed by atoms with Gasteiger partial charge in [-0.25, -0.2) is 0 Å². The van der Waals surface area contributed by atoms with Gasteiger partial charge >= 0.3 is 0 Å². The van der Waals surface area contributed by atoms with Gasteiger partial charge in [-0.15, -0.1) is 0 Å². The number of hydrogen-bond acceptors (Lipinski definition) is 2. The lowest BCUT2D eigenvalue weighted by Gasteiger charge is -2.46. The summed E-state index contributed by atoms with van der Waals surface area (Å²) in [5.74, 6) is 0. The van der Waals surface area contributed by atoms with Crippen molar-refractivity contribution in [2.45, 2.75) is 26.2 Å². The molecule has 0 radical (unpaired) electrons. The summed E-state index contributed by atoms with van der Waals surface area (Å²) in [7, 11) is 0. The lowest BCUT2D eigenvalue weighted by atomic mass is 9.33. The number of benzene rings is 13. The van der Waals surface area contributed by atoms with Crippen molar-refractivity contribution in [3.63, 3.8) is 0 Å². The maximum Gasteiger partial charge on any atom is 0.252 e. The Labute approximate surface area is 475 Å². The fraction of sp³-hybridized carbons (Fsp3) is 0.0513. The predicted octanol–water partition coefficient (Wildman–Crippen LogP) is 19.4. The van der Waals surface area contributed by atoms with Gasteiger partial charge in [-0.3, -0.25) is 0 Å². The number of anilines is 6. The topological polar surface area (TPSA) is 6.48 Å². The molecular formula is C78H57BN2. The van der Waals surface area contributed by atoms with Crippen LogP contribution in [0.4, 0.5) is 34.1 Å². The molecule has 0 N–H and O–H groups in total. The number of para-hydroxylation sites is 2. The van der Waals surface area contributed by atoms with Gasteiger partial charge in [0.1, 0.15) is 0 Å². The molecule has 382 valence electrons. The zero-order valence-corrected chi connectivity index (χ0v) is 45.7. The molecule has 0 saturated heterocycles. The van der Waals surface area contributed by atoms with Crippen molar-refractivity contribution in [1.29, 1.82) is 0 Å². The summed E-state index contributed by atoms with van der Waals surface area (Å²) in [6.07, 6.45) is 0. The molecule has 0 fully saturated rings. The van der Waals surface area contributed by atoms with Crippen molar-refractivity contribution in [1.82, 2.24) is 0 Å². The van der Waals surface area contributed by atoms with Crippen LogP contribution in [0.15, 0.2) is 291 Å². The van der Waals surface area contributed by atoms with Crippen LogP contribution in [0.1, 0.15) is 26.3 Å². The van der Waals surface area contributed by atoms with Gasteiger partial charge in [0.2, 0.25) is 0 Å². The molecule has 0 spiro atoms. The van der Waals surface area contributed by atoms with E-state index in [0.717, 1.165) is 22.5 Å². The lowest BCUT2D eigenvalue weighted by molar-refractivity contribution is 0.590. The SMILES string of the molecule is CC(C)(C)c1cc2c3c(c1)N(c1c(-c4ccccc4)cccc1-c1ccccc1)c1cc(-c4c5ccccc5cc5ccccc45)ccc1B3c1ccc(-c3ccccc3)cc1N2c1c(-c2ccccc2)cccc1-c1ccccc1. The zero-order valence-electron chi connectivity index (χ0n) is 45.7. The minimum Gasteiger partial charge on any atom is -0.310 e. The Morgan fingerprint density at radius 1 is 0.284 bits per heavy atom. The first-order chi connectivity index (χ1) is 39.9. The van der Waals surface area contributed by atoms with Gasteiger partial charge in [0.15, 0.2) is 0 Å². The van der Waals surface area contributed by atoms with E-state index in [4.69, 9.17) is 0 Å².